The molecule has 0 heterocycles. The maximum absolute atomic E-state index is 10.9. The number of aromatic carboxylic acids is 1. The predicted octanol–water partition coefficient (Wildman–Crippen LogP) is 1.96. The molecule has 1 rings (SSSR count). The first-order valence-corrected chi connectivity index (χ1v) is 5.31. The smallest absolute Gasteiger partial charge is 0.337 e. The van der Waals surface area contributed by atoms with Gasteiger partial charge in [-0.05, 0) is 6.07 Å². The zero-order chi connectivity index (χ0) is 12.8. The van der Waals surface area contributed by atoms with E-state index in [0.717, 1.165) is 6.07 Å². The SMILES string of the molecule is O=C(O)c1cc([N+](=O)[O-])ccc1C#CCCS. The minimum Gasteiger partial charge on any atom is -0.478 e. The molecule has 17 heavy (non-hydrogen) atoms. The average molecular weight is 251 g/mol. The number of carboxylic acids is 1. The van der Waals surface area contributed by atoms with Gasteiger partial charge in [0.05, 0.1) is 10.5 Å². The highest BCUT2D eigenvalue weighted by molar-refractivity contribution is 7.80. The maximum Gasteiger partial charge on any atom is 0.337 e. The van der Waals surface area contributed by atoms with E-state index in [9.17, 15) is 14.9 Å². The Morgan fingerprint density at radius 3 is 2.76 bits per heavy atom. The highest BCUT2D eigenvalue weighted by Crippen LogP contribution is 2.17. The lowest BCUT2D eigenvalue weighted by atomic mass is 10.1. The summed E-state index contributed by atoms with van der Waals surface area (Å²) in [7, 11) is 0. The van der Waals surface area contributed by atoms with Crippen LogP contribution in [0.15, 0.2) is 18.2 Å². The summed E-state index contributed by atoms with van der Waals surface area (Å²) < 4.78 is 0. The molecule has 0 aliphatic carbocycles. The first-order valence-electron chi connectivity index (χ1n) is 4.67. The molecular formula is C11H9NO4S. The maximum atomic E-state index is 10.9. The van der Waals surface area contributed by atoms with Crippen LogP contribution in [-0.4, -0.2) is 21.8 Å². The van der Waals surface area contributed by atoms with Crippen LogP contribution in [0.3, 0.4) is 0 Å². The third-order valence-corrected chi connectivity index (χ3v) is 2.13. The molecular weight excluding hydrogens is 242 g/mol. The van der Waals surface area contributed by atoms with E-state index in [0.29, 0.717) is 12.2 Å². The molecule has 0 atom stereocenters. The van der Waals surface area contributed by atoms with Gasteiger partial charge in [-0.15, -0.1) is 0 Å². The van der Waals surface area contributed by atoms with Crippen molar-refractivity contribution in [3.8, 4) is 11.8 Å². The van der Waals surface area contributed by atoms with Crippen molar-refractivity contribution in [2.45, 2.75) is 6.42 Å². The van der Waals surface area contributed by atoms with Gasteiger partial charge in [0, 0.05) is 29.9 Å². The summed E-state index contributed by atoms with van der Waals surface area (Å²) in [6.07, 6.45) is 0.527. The Balaban J connectivity index is 3.19. The normalized spacial score (nSPS) is 9.24. The van der Waals surface area contributed by atoms with Crippen LogP contribution < -0.4 is 0 Å². The topological polar surface area (TPSA) is 80.4 Å². The van der Waals surface area contributed by atoms with Crippen LogP contribution in [0.5, 0.6) is 0 Å². The minimum absolute atomic E-state index is 0.161. The van der Waals surface area contributed by atoms with Crippen LogP contribution in [0.4, 0.5) is 5.69 Å². The first kappa shape index (κ1) is 13.1. The molecule has 0 fully saturated rings. The lowest BCUT2D eigenvalue weighted by molar-refractivity contribution is -0.384. The van der Waals surface area contributed by atoms with E-state index in [1.165, 1.54) is 12.1 Å². The Morgan fingerprint density at radius 1 is 1.53 bits per heavy atom. The number of carboxylic acid groups (broad SMARTS) is 1. The Morgan fingerprint density at radius 2 is 2.24 bits per heavy atom. The number of benzene rings is 1. The molecule has 5 nitrogen and oxygen atoms in total. The van der Waals surface area contributed by atoms with Crippen LogP contribution >= 0.6 is 12.6 Å². The van der Waals surface area contributed by atoms with Gasteiger partial charge in [0.1, 0.15) is 0 Å². The van der Waals surface area contributed by atoms with Crippen molar-refractivity contribution < 1.29 is 14.8 Å². The van der Waals surface area contributed by atoms with E-state index in [1.807, 2.05) is 0 Å². The third kappa shape index (κ3) is 3.50. The Labute approximate surface area is 103 Å². The van der Waals surface area contributed by atoms with Gasteiger partial charge in [-0.2, -0.15) is 12.6 Å². The van der Waals surface area contributed by atoms with Gasteiger partial charge in [-0.3, -0.25) is 10.1 Å². The van der Waals surface area contributed by atoms with Crippen molar-refractivity contribution >= 4 is 24.3 Å². The quantitative estimate of drug-likeness (QED) is 0.372. The van der Waals surface area contributed by atoms with E-state index in [4.69, 9.17) is 5.11 Å². The van der Waals surface area contributed by atoms with E-state index < -0.39 is 10.9 Å². The standard InChI is InChI=1S/C11H9NO4S/c13-11(14)10-7-9(12(15)16)5-4-8(10)3-1-2-6-17/h4-5,7,17H,2,6H2,(H,13,14). The molecule has 0 saturated carbocycles. The van der Waals surface area contributed by atoms with E-state index in [1.54, 1.807) is 0 Å². The van der Waals surface area contributed by atoms with Crippen molar-refractivity contribution in [3.63, 3.8) is 0 Å². The van der Waals surface area contributed by atoms with Crippen LogP contribution in [0, 0.1) is 22.0 Å². The van der Waals surface area contributed by atoms with Crippen LogP contribution in [0.2, 0.25) is 0 Å². The van der Waals surface area contributed by atoms with Gasteiger partial charge in [0.25, 0.3) is 5.69 Å². The Kier molecular flexibility index (Phi) is 4.55. The molecule has 1 N–H and O–H groups in total. The van der Waals surface area contributed by atoms with Crippen LogP contribution in [-0.2, 0) is 0 Å². The van der Waals surface area contributed by atoms with Crippen molar-refractivity contribution in [1.29, 1.82) is 0 Å². The number of non-ortho nitro benzene ring substituents is 1. The average Bonchev–Trinajstić information content (AvgIpc) is 2.29. The molecule has 0 unspecified atom stereocenters. The van der Waals surface area contributed by atoms with Crippen molar-refractivity contribution in [1.82, 2.24) is 0 Å². The van der Waals surface area contributed by atoms with E-state index >= 15 is 0 Å². The summed E-state index contributed by atoms with van der Waals surface area (Å²) in [5, 5.41) is 19.4. The molecule has 6 heteroatoms. The zero-order valence-corrected chi connectivity index (χ0v) is 9.61. The predicted molar refractivity (Wildman–Crippen MR) is 65.4 cm³/mol. The molecule has 0 spiro atoms. The second-order valence-electron chi connectivity index (χ2n) is 3.07. The van der Waals surface area contributed by atoms with Crippen molar-refractivity contribution in [3.05, 3.63) is 39.4 Å². The lowest BCUT2D eigenvalue weighted by Gasteiger charge is -1.98. The van der Waals surface area contributed by atoms with Gasteiger partial charge in [0.15, 0.2) is 0 Å². The lowest BCUT2D eigenvalue weighted by Crippen LogP contribution is -2.01. The number of hydrogen-bond donors (Lipinski definition) is 2. The summed E-state index contributed by atoms with van der Waals surface area (Å²) in [4.78, 5) is 20.8. The molecule has 0 bridgehead atoms. The first-order chi connectivity index (χ1) is 8.06. The number of nitrogens with zero attached hydrogens (tertiary/aromatic N) is 1. The molecule has 0 saturated heterocycles. The van der Waals surface area contributed by atoms with Gasteiger partial charge in [-0.25, -0.2) is 4.79 Å². The molecule has 1 aromatic carbocycles. The molecule has 0 aromatic heterocycles. The zero-order valence-electron chi connectivity index (χ0n) is 8.71. The number of rotatable bonds is 3. The second kappa shape index (κ2) is 5.92. The highest BCUT2D eigenvalue weighted by Gasteiger charge is 2.14. The number of carbonyl (C=O) groups is 1. The fourth-order valence-corrected chi connectivity index (χ4v) is 1.26. The highest BCUT2D eigenvalue weighted by atomic mass is 32.1. The fraction of sp³-hybridized carbons (Fsp3) is 0.182. The minimum atomic E-state index is -1.23. The van der Waals surface area contributed by atoms with E-state index in [2.05, 4.69) is 24.5 Å². The van der Waals surface area contributed by atoms with Crippen molar-refractivity contribution in [2.24, 2.45) is 0 Å². The fourth-order valence-electron chi connectivity index (χ4n) is 1.15. The molecule has 0 radical (unpaired) electrons. The summed E-state index contributed by atoms with van der Waals surface area (Å²) in [5.41, 5.74) is -0.155. The summed E-state index contributed by atoms with van der Waals surface area (Å²) in [6.45, 7) is 0. The molecule has 0 aliphatic heterocycles. The van der Waals surface area contributed by atoms with Crippen LogP contribution in [0.1, 0.15) is 22.3 Å². The molecule has 1 aromatic rings. The van der Waals surface area contributed by atoms with Crippen LogP contribution in [0.25, 0.3) is 0 Å². The Bertz CT molecular complexity index is 516. The molecule has 0 aliphatic rings. The van der Waals surface area contributed by atoms with Crippen molar-refractivity contribution in [2.75, 3.05) is 5.75 Å². The number of thiol groups is 1. The van der Waals surface area contributed by atoms with E-state index in [-0.39, 0.29) is 16.8 Å². The van der Waals surface area contributed by atoms with Gasteiger partial charge in [-0.1, -0.05) is 11.8 Å². The second-order valence-corrected chi connectivity index (χ2v) is 3.51. The number of hydrogen-bond acceptors (Lipinski definition) is 4. The Hall–Kier alpha value is -2.00. The summed E-state index contributed by atoms with van der Waals surface area (Å²) in [6, 6.07) is 3.58. The molecule has 0 amide bonds. The largest absolute Gasteiger partial charge is 0.478 e. The number of nitro benzene ring substituents is 1. The number of nitro groups is 1. The van der Waals surface area contributed by atoms with Gasteiger partial charge < -0.3 is 5.11 Å². The monoisotopic (exact) mass is 251 g/mol. The summed E-state index contributed by atoms with van der Waals surface area (Å²) >= 11 is 3.97. The van der Waals surface area contributed by atoms with Gasteiger partial charge in [0.2, 0.25) is 0 Å². The molecule has 88 valence electrons. The third-order valence-electron chi connectivity index (χ3n) is 1.90. The summed E-state index contributed by atoms with van der Waals surface area (Å²) in [5.74, 6) is 4.73. The van der Waals surface area contributed by atoms with Gasteiger partial charge >= 0.3 is 5.97 Å².